The van der Waals surface area contributed by atoms with E-state index in [-0.39, 0.29) is 41.3 Å². The maximum atomic E-state index is 11.8. The van der Waals surface area contributed by atoms with Gasteiger partial charge in [0.05, 0.1) is 11.8 Å². The summed E-state index contributed by atoms with van der Waals surface area (Å²) in [6.07, 6.45) is 0.216. The highest BCUT2D eigenvalue weighted by Gasteiger charge is 2.46. The molecule has 0 aromatic heterocycles. The number of ether oxygens (including phenoxy) is 1. The van der Waals surface area contributed by atoms with Gasteiger partial charge in [0.25, 0.3) is 0 Å². The number of carbonyl (C=O) groups is 3. The lowest BCUT2D eigenvalue weighted by molar-refractivity contribution is -0.145. The summed E-state index contributed by atoms with van der Waals surface area (Å²) in [6.45, 7) is 0.902. The topological polar surface area (TPSA) is 127 Å². The van der Waals surface area contributed by atoms with E-state index < -0.39 is 22.3 Å². The molecule has 11 heteroatoms. The first kappa shape index (κ1) is 15.8. The number of nitrogens with zero attached hydrogens (tertiary/aromatic N) is 1. The van der Waals surface area contributed by atoms with Crippen molar-refractivity contribution >= 4 is 40.0 Å². The zero-order chi connectivity index (χ0) is 15.8. The molecule has 0 unspecified atom stereocenters. The number of thioether (sulfide) groups is 1. The molecular formula is C10H11NO8S2. The van der Waals surface area contributed by atoms with Gasteiger partial charge < -0.3 is 8.92 Å². The lowest BCUT2D eigenvalue weighted by Crippen LogP contribution is -2.54. The molecule has 0 radical (unpaired) electrons. The maximum Gasteiger partial charge on any atom is 0.449 e. The molecule has 2 aliphatic rings. The largest absolute Gasteiger partial charge is 0.461 e. The molecule has 1 fully saturated rings. The molecule has 1 saturated heterocycles. The van der Waals surface area contributed by atoms with E-state index in [4.69, 9.17) is 9.29 Å². The highest BCUT2D eigenvalue weighted by atomic mass is 32.3. The average Bonchev–Trinajstić information content (AvgIpc) is 2.32. The molecule has 1 amide bonds. The van der Waals surface area contributed by atoms with Crippen LogP contribution in [0, 0.1) is 0 Å². The number of β-lactam (4-membered cyclic amide) rings is 1. The minimum atomic E-state index is -5.00. The quantitative estimate of drug-likeness (QED) is 0.408. The molecule has 0 spiro atoms. The van der Waals surface area contributed by atoms with E-state index >= 15 is 0 Å². The minimum Gasteiger partial charge on any atom is -0.461 e. The third kappa shape index (κ3) is 3.54. The normalized spacial score (nSPS) is 21.5. The molecule has 0 bridgehead atoms. The monoisotopic (exact) mass is 337 g/mol. The Balaban J connectivity index is 2.31. The van der Waals surface area contributed by atoms with Gasteiger partial charge in [-0.3, -0.25) is 19.0 Å². The number of amides is 1. The van der Waals surface area contributed by atoms with Gasteiger partial charge in [-0.1, -0.05) is 0 Å². The van der Waals surface area contributed by atoms with E-state index in [1.807, 2.05) is 0 Å². The second-order valence-corrected chi connectivity index (χ2v) is 6.45. The van der Waals surface area contributed by atoms with E-state index in [1.165, 1.54) is 18.7 Å². The third-order valence-electron chi connectivity index (χ3n) is 2.76. The molecule has 0 saturated carbocycles. The number of hydrogen-bond acceptors (Lipinski definition) is 8. The fourth-order valence-electron chi connectivity index (χ4n) is 1.90. The van der Waals surface area contributed by atoms with Crippen LogP contribution >= 0.6 is 11.8 Å². The van der Waals surface area contributed by atoms with Crippen LogP contribution in [-0.4, -0.2) is 53.4 Å². The molecule has 0 aromatic carbocycles. The Bertz CT molecular complexity index is 637. The average molecular weight is 337 g/mol. The number of rotatable bonds is 4. The van der Waals surface area contributed by atoms with E-state index in [0.29, 0.717) is 0 Å². The Morgan fingerprint density at radius 2 is 2.14 bits per heavy atom. The Kier molecular flexibility index (Phi) is 4.25. The molecule has 2 heterocycles. The van der Waals surface area contributed by atoms with Crippen molar-refractivity contribution in [2.75, 3.05) is 12.4 Å². The molecule has 0 aliphatic carbocycles. The fourth-order valence-corrected chi connectivity index (χ4v) is 3.42. The first-order valence-corrected chi connectivity index (χ1v) is 8.10. The molecule has 21 heavy (non-hydrogen) atoms. The lowest BCUT2D eigenvalue weighted by Gasteiger charge is -2.44. The fraction of sp³-hybridized carbons (Fsp3) is 0.500. The Morgan fingerprint density at radius 1 is 1.48 bits per heavy atom. The molecule has 0 aromatic rings. The van der Waals surface area contributed by atoms with E-state index in [1.54, 1.807) is 0 Å². The molecule has 116 valence electrons. The Labute approximate surface area is 124 Å². The van der Waals surface area contributed by atoms with Gasteiger partial charge in [0, 0.05) is 18.2 Å². The zero-order valence-electron chi connectivity index (χ0n) is 10.8. The number of fused-ring (bicyclic) bond motifs is 1. The van der Waals surface area contributed by atoms with Crippen LogP contribution in [-0.2, 0) is 33.7 Å². The zero-order valence-corrected chi connectivity index (χ0v) is 12.4. The van der Waals surface area contributed by atoms with Crippen molar-refractivity contribution in [1.29, 1.82) is 0 Å². The number of esters is 1. The summed E-state index contributed by atoms with van der Waals surface area (Å²) in [6, 6.07) is 0. The highest BCUT2D eigenvalue weighted by Crippen LogP contribution is 2.40. The Hall–Kier alpha value is -1.59. The van der Waals surface area contributed by atoms with Crippen molar-refractivity contribution < 1.29 is 36.3 Å². The minimum absolute atomic E-state index is 0.216. The lowest BCUT2D eigenvalue weighted by atomic mass is 10.1. The van der Waals surface area contributed by atoms with Gasteiger partial charge in [-0.2, -0.15) is 8.42 Å². The summed E-state index contributed by atoms with van der Waals surface area (Å²) in [4.78, 5) is 35.3. The first-order chi connectivity index (χ1) is 9.69. The van der Waals surface area contributed by atoms with Crippen molar-refractivity contribution in [3.8, 4) is 0 Å². The third-order valence-corrected chi connectivity index (χ3v) is 4.40. The molecular weight excluding hydrogens is 326 g/mol. The van der Waals surface area contributed by atoms with E-state index in [9.17, 15) is 22.8 Å². The van der Waals surface area contributed by atoms with Crippen LogP contribution in [0.25, 0.3) is 0 Å². The number of hydrogen-bond donors (Lipinski definition) is 1. The summed E-state index contributed by atoms with van der Waals surface area (Å²) < 4.78 is 38.5. The van der Waals surface area contributed by atoms with Crippen molar-refractivity contribution in [2.45, 2.75) is 18.7 Å². The predicted octanol–water partition coefficient (Wildman–Crippen LogP) is -0.545. The standard InChI is InChI=1S/C10H11NO8S2/c1-5(12)18-3-6-4-20-8-2-7(13)11(8)9(6)10(14)19-21(15,16)17/h8H,2-4H2,1H3,(H,15,16,17)/t8-/m1/s1. The maximum absolute atomic E-state index is 11.8. The van der Waals surface area contributed by atoms with Crippen LogP contribution in [0.15, 0.2) is 11.3 Å². The second-order valence-electron chi connectivity index (χ2n) is 4.26. The van der Waals surface area contributed by atoms with Crippen LogP contribution in [0.2, 0.25) is 0 Å². The summed E-state index contributed by atoms with van der Waals surface area (Å²) >= 11 is 1.35. The van der Waals surface area contributed by atoms with Gasteiger partial charge in [-0.15, -0.1) is 11.8 Å². The number of carbonyl (C=O) groups excluding carboxylic acids is 3. The van der Waals surface area contributed by atoms with Gasteiger partial charge in [-0.25, -0.2) is 4.79 Å². The van der Waals surface area contributed by atoms with Gasteiger partial charge in [0.15, 0.2) is 0 Å². The van der Waals surface area contributed by atoms with Crippen LogP contribution in [0.4, 0.5) is 0 Å². The van der Waals surface area contributed by atoms with Crippen molar-refractivity contribution in [3.05, 3.63) is 11.3 Å². The van der Waals surface area contributed by atoms with Gasteiger partial charge in [0.2, 0.25) is 5.91 Å². The molecule has 1 atom stereocenters. The van der Waals surface area contributed by atoms with Gasteiger partial charge in [-0.05, 0) is 0 Å². The SMILES string of the molecule is CC(=O)OCC1=C(C(=O)OS(=O)(=O)O)N2C(=O)C[C@H]2SC1. The van der Waals surface area contributed by atoms with Crippen LogP contribution < -0.4 is 0 Å². The predicted molar refractivity (Wildman–Crippen MR) is 69.0 cm³/mol. The summed E-state index contributed by atoms with van der Waals surface area (Å²) in [5.41, 5.74) is -0.0537. The summed E-state index contributed by atoms with van der Waals surface area (Å²) in [5.74, 6) is -2.07. The first-order valence-electron chi connectivity index (χ1n) is 5.69. The molecule has 2 rings (SSSR count). The van der Waals surface area contributed by atoms with Gasteiger partial charge in [0.1, 0.15) is 12.3 Å². The summed E-state index contributed by atoms with van der Waals surface area (Å²) in [5, 5.41) is -0.289. The van der Waals surface area contributed by atoms with Crippen LogP contribution in [0.5, 0.6) is 0 Å². The van der Waals surface area contributed by atoms with Crippen molar-refractivity contribution in [1.82, 2.24) is 4.90 Å². The molecule has 1 N–H and O–H groups in total. The van der Waals surface area contributed by atoms with Gasteiger partial charge >= 0.3 is 22.3 Å². The Morgan fingerprint density at radius 3 is 2.67 bits per heavy atom. The smallest absolute Gasteiger partial charge is 0.449 e. The van der Waals surface area contributed by atoms with Crippen LogP contribution in [0.1, 0.15) is 13.3 Å². The van der Waals surface area contributed by atoms with E-state index in [2.05, 4.69) is 4.18 Å². The molecule has 2 aliphatic heterocycles. The summed E-state index contributed by atoms with van der Waals surface area (Å²) in [7, 11) is -5.00. The van der Waals surface area contributed by atoms with E-state index in [0.717, 1.165) is 4.90 Å². The van der Waals surface area contributed by atoms with Crippen molar-refractivity contribution in [3.63, 3.8) is 0 Å². The second kappa shape index (κ2) is 5.66. The highest BCUT2D eigenvalue weighted by molar-refractivity contribution is 8.00. The van der Waals surface area contributed by atoms with Crippen LogP contribution in [0.3, 0.4) is 0 Å². The van der Waals surface area contributed by atoms with Crippen molar-refractivity contribution in [2.24, 2.45) is 0 Å². The molecule has 9 nitrogen and oxygen atoms in total.